The van der Waals surface area contributed by atoms with Crippen molar-refractivity contribution in [2.75, 3.05) is 32.1 Å². The molecule has 0 bridgehead atoms. The number of amides is 1. The molecule has 1 fully saturated rings. The van der Waals surface area contributed by atoms with Crippen molar-refractivity contribution in [2.24, 2.45) is 0 Å². The SMILES string of the molecule is Nc1cc(C(=O)NCC2COCCO2)c2ccccc2n1. The highest BCUT2D eigenvalue weighted by molar-refractivity contribution is 6.06. The number of carbonyl (C=O) groups excluding carboxylic acids is 1. The second kappa shape index (κ2) is 6.07. The van der Waals surface area contributed by atoms with Gasteiger partial charge in [-0.3, -0.25) is 4.79 Å². The van der Waals surface area contributed by atoms with Crippen molar-refractivity contribution in [3.63, 3.8) is 0 Å². The Bertz CT molecular complexity index is 654. The summed E-state index contributed by atoms with van der Waals surface area (Å²) in [5, 5.41) is 3.64. The van der Waals surface area contributed by atoms with Gasteiger partial charge < -0.3 is 20.5 Å². The summed E-state index contributed by atoms with van der Waals surface area (Å²) >= 11 is 0. The Hall–Kier alpha value is -2.18. The van der Waals surface area contributed by atoms with Crippen LogP contribution in [0.5, 0.6) is 0 Å². The summed E-state index contributed by atoms with van der Waals surface area (Å²) in [6, 6.07) is 9.02. The number of pyridine rings is 1. The van der Waals surface area contributed by atoms with E-state index in [9.17, 15) is 4.79 Å². The number of ether oxygens (including phenoxy) is 2. The number of para-hydroxylation sites is 1. The van der Waals surface area contributed by atoms with Gasteiger partial charge in [0.25, 0.3) is 5.91 Å². The quantitative estimate of drug-likeness (QED) is 0.878. The van der Waals surface area contributed by atoms with Gasteiger partial charge in [0.05, 0.1) is 37.0 Å². The van der Waals surface area contributed by atoms with Crippen LogP contribution in [0.15, 0.2) is 30.3 Å². The first-order chi connectivity index (χ1) is 10.2. The van der Waals surface area contributed by atoms with E-state index in [1.54, 1.807) is 6.07 Å². The van der Waals surface area contributed by atoms with E-state index in [1.807, 2.05) is 24.3 Å². The molecule has 2 aromatic rings. The Balaban J connectivity index is 1.77. The second-order valence-electron chi connectivity index (χ2n) is 4.89. The van der Waals surface area contributed by atoms with Crippen molar-refractivity contribution in [2.45, 2.75) is 6.10 Å². The van der Waals surface area contributed by atoms with E-state index in [2.05, 4.69) is 10.3 Å². The maximum Gasteiger partial charge on any atom is 0.252 e. The van der Waals surface area contributed by atoms with E-state index in [0.717, 1.165) is 5.39 Å². The highest BCUT2D eigenvalue weighted by atomic mass is 16.6. The standard InChI is InChI=1S/C15H17N3O3/c16-14-7-12(11-3-1-2-4-13(11)18-14)15(19)17-8-10-9-20-5-6-21-10/h1-4,7,10H,5-6,8-9H2,(H2,16,18)(H,17,19). The Kier molecular flexibility index (Phi) is 3.98. The fourth-order valence-corrected chi connectivity index (χ4v) is 2.34. The lowest BCUT2D eigenvalue weighted by molar-refractivity contribution is -0.0855. The minimum atomic E-state index is -0.186. The number of nitrogens with zero attached hydrogens (tertiary/aromatic N) is 1. The number of carbonyl (C=O) groups is 1. The van der Waals surface area contributed by atoms with Crippen LogP contribution in [0.3, 0.4) is 0 Å². The molecule has 3 N–H and O–H groups in total. The fourth-order valence-electron chi connectivity index (χ4n) is 2.34. The monoisotopic (exact) mass is 287 g/mol. The summed E-state index contributed by atoms with van der Waals surface area (Å²) < 4.78 is 10.8. The predicted molar refractivity (Wildman–Crippen MR) is 79.0 cm³/mol. The van der Waals surface area contributed by atoms with Crippen molar-refractivity contribution >= 4 is 22.6 Å². The number of hydrogen-bond donors (Lipinski definition) is 2. The van der Waals surface area contributed by atoms with E-state index in [0.29, 0.717) is 43.3 Å². The Morgan fingerprint density at radius 2 is 2.24 bits per heavy atom. The number of fused-ring (bicyclic) bond motifs is 1. The topological polar surface area (TPSA) is 86.5 Å². The third-order valence-corrected chi connectivity index (χ3v) is 3.36. The van der Waals surface area contributed by atoms with Crippen LogP contribution >= 0.6 is 0 Å². The van der Waals surface area contributed by atoms with Gasteiger partial charge in [0.2, 0.25) is 0 Å². The zero-order valence-corrected chi connectivity index (χ0v) is 11.5. The lowest BCUT2D eigenvalue weighted by atomic mass is 10.1. The molecule has 1 saturated heterocycles. The normalized spacial score (nSPS) is 18.6. The molecule has 1 atom stereocenters. The zero-order valence-electron chi connectivity index (χ0n) is 11.5. The van der Waals surface area contributed by atoms with Crippen LogP contribution < -0.4 is 11.1 Å². The van der Waals surface area contributed by atoms with Gasteiger partial charge in [0, 0.05) is 11.9 Å². The van der Waals surface area contributed by atoms with Crippen molar-refractivity contribution in [3.8, 4) is 0 Å². The zero-order chi connectivity index (χ0) is 14.7. The van der Waals surface area contributed by atoms with Crippen LogP contribution in [0, 0.1) is 0 Å². The Morgan fingerprint density at radius 3 is 3.05 bits per heavy atom. The molecule has 0 aliphatic carbocycles. The molecular weight excluding hydrogens is 270 g/mol. The van der Waals surface area contributed by atoms with Gasteiger partial charge in [-0.25, -0.2) is 4.98 Å². The van der Waals surface area contributed by atoms with Crippen LogP contribution in [0.4, 0.5) is 5.82 Å². The molecule has 1 amide bonds. The number of aromatic nitrogens is 1. The molecule has 1 aromatic heterocycles. The molecule has 110 valence electrons. The first-order valence-electron chi connectivity index (χ1n) is 6.87. The Labute approximate surface area is 122 Å². The Morgan fingerprint density at radius 1 is 1.38 bits per heavy atom. The molecule has 0 radical (unpaired) electrons. The third-order valence-electron chi connectivity index (χ3n) is 3.36. The smallest absolute Gasteiger partial charge is 0.252 e. The maximum atomic E-state index is 12.4. The third kappa shape index (κ3) is 3.12. The molecule has 1 aliphatic heterocycles. The number of nitrogen functional groups attached to an aromatic ring is 1. The van der Waals surface area contributed by atoms with Gasteiger partial charge in [0.15, 0.2) is 0 Å². The molecule has 0 spiro atoms. The van der Waals surface area contributed by atoms with Crippen LogP contribution in [-0.2, 0) is 9.47 Å². The van der Waals surface area contributed by atoms with Crippen LogP contribution in [0.25, 0.3) is 10.9 Å². The maximum absolute atomic E-state index is 12.4. The molecule has 0 saturated carbocycles. The average molecular weight is 287 g/mol. The van der Waals surface area contributed by atoms with E-state index in [1.165, 1.54) is 0 Å². The first kappa shape index (κ1) is 13.8. The second-order valence-corrected chi connectivity index (χ2v) is 4.89. The summed E-state index contributed by atoms with van der Waals surface area (Å²) in [6.45, 7) is 2.08. The summed E-state index contributed by atoms with van der Waals surface area (Å²) in [5.74, 6) is 0.144. The van der Waals surface area contributed by atoms with Crippen LogP contribution in [0.2, 0.25) is 0 Å². The first-order valence-corrected chi connectivity index (χ1v) is 6.87. The number of anilines is 1. The largest absolute Gasteiger partial charge is 0.384 e. The van der Waals surface area contributed by atoms with Crippen molar-refractivity contribution in [1.82, 2.24) is 10.3 Å². The minimum absolute atomic E-state index is 0.104. The molecule has 21 heavy (non-hydrogen) atoms. The van der Waals surface area contributed by atoms with Crippen LogP contribution in [-0.4, -0.2) is 43.4 Å². The molecule has 1 aromatic carbocycles. The molecule has 3 rings (SSSR count). The molecule has 6 heteroatoms. The molecular formula is C15H17N3O3. The van der Waals surface area contributed by atoms with Crippen molar-refractivity contribution in [3.05, 3.63) is 35.9 Å². The number of benzene rings is 1. The van der Waals surface area contributed by atoms with Gasteiger partial charge in [-0.15, -0.1) is 0 Å². The van der Waals surface area contributed by atoms with Gasteiger partial charge in [-0.1, -0.05) is 18.2 Å². The van der Waals surface area contributed by atoms with E-state index >= 15 is 0 Å². The van der Waals surface area contributed by atoms with Gasteiger partial charge in [-0.05, 0) is 12.1 Å². The molecule has 1 unspecified atom stereocenters. The predicted octanol–water partition coefficient (Wildman–Crippen LogP) is 0.962. The summed E-state index contributed by atoms with van der Waals surface area (Å²) in [5.41, 5.74) is 7.00. The molecule has 1 aliphatic rings. The summed E-state index contributed by atoms with van der Waals surface area (Å²) in [4.78, 5) is 16.6. The van der Waals surface area contributed by atoms with Crippen LogP contribution in [0.1, 0.15) is 10.4 Å². The number of nitrogens with one attached hydrogen (secondary N) is 1. The fraction of sp³-hybridized carbons (Fsp3) is 0.333. The van der Waals surface area contributed by atoms with Crippen molar-refractivity contribution < 1.29 is 14.3 Å². The number of hydrogen-bond acceptors (Lipinski definition) is 5. The lowest BCUT2D eigenvalue weighted by Gasteiger charge is -2.23. The van der Waals surface area contributed by atoms with Gasteiger partial charge >= 0.3 is 0 Å². The van der Waals surface area contributed by atoms with Gasteiger partial charge in [-0.2, -0.15) is 0 Å². The average Bonchev–Trinajstić information content (AvgIpc) is 2.52. The van der Waals surface area contributed by atoms with Gasteiger partial charge in [0.1, 0.15) is 5.82 Å². The number of rotatable bonds is 3. The van der Waals surface area contributed by atoms with Crippen molar-refractivity contribution in [1.29, 1.82) is 0 Å². The lowest BCUT2D eigenvalue weighted by Crippen LogP contribution is -2.39. The molecule has 6 nitrogen and oxygen atoms in total. The minimum Gasteiger partial charge on any atom is -0.384 e. The summed E-state index contributed by atoms with van der Waals surface area (Å²) in [6.07, 6.45) is -0.104. The highest BCUT2D eigenvalue weighted by Crippen LogP contribution is 2.19. The number of nitrogens with two attached hydrogens (primary N) is 1. The molecule has 2 heterocycles. The highest BCUT2D eigenvalue weighted by Gasteiger charge is 2.17. The van der Waals surface area contributed by atoms with E-state index in [-0.39, 0.29) is 12.0 Å². The van der Waals surface area contributed by atoms with E-state index in [4.69, 9.17) is 15.2 Å². The van der Waals surface area contributed by atoms with E-state index < -0.39 is 0 Å². The summed E-state index contributed by atoms with van der Waals surface area (Å²) in [7, 11) is 0.